The first kappa shape index (κ1) is 13.3. The van der Waals surface area contributed by atoms with E-state index in [1.54, 1.807) is 12.1 Å². The van der Waals surface area contributed by atoms with Crippen molar-refractivity contribution in [1.29, 1.82) is 0 Å². The van der Waals surface area contributed by atoms with E-state index >= 15 is 0 Å². The average Bonchev–Trinajstić information content (AvgIpc) is 3.08. The molecule has 0 aromatic carbocycles. The van der Waals surface area contributed by atoms with E-state index in [9.17, 15) is 9.59 Å². The van der Waals surface area contributed by atoms with E-state index in [1.807, 2.05) is 0 Å². The molecule has 20 heavy (non-hydrogen) atoms. The van der Waals surface area contributed by atoms with Crippen LogP contribution < -0.4 is 10.9 Å². The Morgan fingerprint density at radius 2 is 2.10 bits per heavy atom. The van der Waals surface area contributed by atoms with Gasteiger partial charge in [0.15, 0.2) is 0 Å². The summed E-state index contributed by atoms with van der Waals surface area (Å²) in [5, 5.41) is 2.97. The van der Waals surface area contributed by atoms with Gasteiger partial charge in [0.2, 0.25) is 5.56 Å². The second-order valence-corrected chi connectivity index (χ2v) is 5.36. The Hall–Kier alpha value is -1.66. The summed E-state index contributed by atoms with van der Waals surface area (Å²) in [5.41, 5.74) is 0.0287. The van der Waals surface area contributed by atoms with Gasteiger partial charge in [0.25, 0.3) is 5.91 Å². The minimum atomic E-state index is -0.267. The zero-order valence-corrected chi connectivity index (χ0v) is 11.3. The van der Waals surface area contributed by atoms with Crippen LogP contribution in [0.2, 0.25) is 0 Å². The Morgan fingerprint density at radius 1 is 1.30 bits per heavy atom. The molecule has 1 amide bonds. The van der Waals surface area contributed by atoms with Crippen molar-refractivity contribution >= 4 is 5.91 Å². The van der Waals surface area contributed by atoms with Gasteiger partial charge in [-0.3, -0.25) is 14.5 Å². The maximum Gasteiger partial charge on any atom is 0.268 e. The van der Waals surface area contributed by atoms with Crippen molar-refractivity contribution < 1.29 is 9.53 Å². The summed E-state index contributed by atoms with van der Waals surface area (Å²) < 4.78 is 5.51. The van der Waals surface area contributed by atoms with Gasteiger partial charge in [0.1, 0.15) is 5.69 Å². The second-order valence-electron chi connectivity index (χ2n) is 5.36. The number of likely N-dealkylation sites (tertiary alicyclic amines) is 1. The summed E-state index contributed by atoms with van der Waals surface area (Å²) in [6, 6.07) is 4.82. The van der Waals surface area contributed by atoms with Crippen LogP contribution in [0.1, 0.15) is 23.3 Å². The normalized spacial score (nSPS) is 26.8. The molecule has 0 radical (unpaired) electrons. The molecule has 0 aliphatic carbocycles. The van der Waals surface area contributed by atoms with E-state index in [4.69, 9.17) is 4.74 Å². The number of nitrogens with zero attached hydrogens (tertiary/aromatic N) is 1. The Bertz CT molecular complexity index is 536. The quantitative estimate of drug-likeness (QED) is 0.813. The van der Waals surface area contributed by atoms with Crippen LogP contribution in [-0.2, 0) is 4.74 Å². The third-order valence-corrected chi connectivity index (χ3v) is 3.99. The van der Waals surface area contributed by atoms with Crippen LogP contribution in [0.3, 0.4) is 0 Å². The lowest BCUT2D eigenvalue weighted by atomic mass is 10.1. The first-order chi connectivity index (χ1) is 9.74. The fraction of sp³-hybridized carbons (Fsp3) is 0.571. The van der Waals surface area contributed by atoms with Gasteiger partial charge in [0, 0.05) is 6.07 Å². The van der Waals surface area contributed by atoms with Gasteiger partial charge in [-0.05, 0) is 32.0 Å². The molecule has 2 aliphatic rings. The molecule has 2 N–H and O–H groups in total. The fourth-order valence-electron chi connectivity index (χ4n) is 2.94. The summed E-state index contributed by atoms with van der Waals surface area (Å²) in [6.45, 7) is 3.34. The van der Waals surface area contributed by atoms with Crippen LogP contribution in [0.15, 0.2) is 23.0 Å². The SMILES string of the molecule is O=C(N[C@@H]1COC[C@H]1N1CCCC1)c1cccc(=O)[nH]1. The molecule has 6 nitrogen and oxygen atoms in total. The molecule has 0 unspecified atom stereocenters. The average molecular weight is 277 g/mol. The van der Waals surface area contributed by atoms with Gasteiger partial charge in [-0.2, -0.15) is 0 Å². The van der Waals surface area contributed by atoms with Gasteiger partial charge in [-0.25, -0.2) is 0 Å². The molecule has 2 fully saturated rings. The fourth-order valence-corrected chi connectivity index (χ4v) is 2.94. The number of hydrogen-bond donors (Lipinski definition) is 2. The van der Waals surface area contributed by atoms with Crippen LogP contribution in [0.25, 0.3) is 0 Å². The third-order valence-electron chi connectivity index (χ3n) is 3.99. The zero-order chi connectivity index (χ0) is 13.9. The van der Waals surface area contributed by atoms with E-state index < -0.39 is 0 Å². The van der Waals surface area contributed by atoms with Crippen molar-refractivity contribution in [3.05, 3.63) is 34.2 Å². The van der Waals surface area contributed by atoms with E-state index in [2.05, 4.69) is 15.2 Å². The topological polar surface area (TPSA) is 74.4 Å². The summed E-state index contributed by atoms with van der Waals surface area (Å²) in [7, 11) is 0. The van der Waals surface area contributed by atoms with Crippen LogP contribution >= 0.6 is 0 Å². The monoisotopic (exact) mass is 277 g/mol. The number of amides is 1. The van der Waals surface area contributed by atoms with Gasteiger partial charge < -0.3 is 15.0 Å². The molecule has 0 saturated carbocycles. The Labute approximate surface area is 117 Å². The lowest BCUT2D eigenvalue weighted by molar-refractivity contribution is 0.0911. The van der Waals surface area contributed by atoms with Crippen molar-refractivity contribution in [2.45, 2.75) is 24.9 Å². The lowest BCUT2D eigenvalue weighted by Crippen LogP contribution is -2.50. The molecule has 0 bridgehead atoms. The summed E-state index contributed by atoms with van der Waals surface area (Å²) in [4.78, 5) is 28.3. The summed E-state index contributed by atoms with van der Waals surface area (Å²) >= 11 is 0. The predicted octanol–water partition coefficient (Wildman–Crippen LogP) is -0.0321. The number of pyridine rings is 1. The highest BCUT2D eigenvalue weighted by atomic mass is 16.5. The van der Waals surface area contributed by atoms with Gasteiger partial charge in [-0.1, -0.05) is 6.07 Å². The molecule has 6 heteroatoms. The molecule has 2 aliphatic heterocycles. The molecular weight excluding hydrogens is 258 g/mol. The van der Waals surface area contributed by atoms with E-state index in [-0.39, 0.29) is 23.6 Å². The highest BCUT2D eigenvalue weighted by Crippen LogP contribution is 2.19. The maximum absolute atomic E-state index is 12.2. The number of rotatable bonds is 3. The van der Waals surface area contributed by atoms with Crippen molar-refractivity contribution in [3.8, 4) is 0 Å². The van der Waals surface area contributed by atoms with Crippen LogP contribution in [-0.4, -0.2) is 54.2 Å². The van der Waals surface area contributed by atoms with Crippen molar-refractivity contribution in [2.75, 3.05) is 26.3 Å². The molecule has 1 aromatic heterocycles. The minimum Gasteiger partial charge on any atom is -0.378 e. The van der Waals surface area contributed by atoms with Gasteiger partial charge >= 0.3 is 0 Å². The predicted molar refractivity (Wildman–Crippen MR) is 73.7 cm³/mol. The first-order valence-electron chi connectivity index (χ1n) is 7.06. The second kappa shape index (κ2) is 5.76. The molecular formula is C14H19N3O3. The smallest absolute Gasteiger partial charge is 0.268 e. The Morgan fingerprint density at radius 3 is 2.85 bits per heavy atom. The minimum absolute atomic E-state index is 0.00990. The lowest BCUT2D eigenvalue weighted by Gasteiger charge is -2.27. The number of ether oxygens (including phenoxy) is 1. The Balaban J connectivity index is 1.67. The van der Waals surface area contributed by atoms with Crippen molar-refractivity contribution in [3.63, 3.8) is 0 Å². The number of carbonyl (C=O) groups excluding carboxylic acids is 1. The van der Waals surface area contributed by atoms with E-state index in [0.717, 1.165) is 13.1 Å². The van der Waals surface area contributed by atoms with Crippen LogP contribution in [0.4, 0.5) is 0 Å². The Kier molecular flexibility index (Phi) is 3.84. The molecule has 3 heterocycles. The first-order valence-corrected chi connectivity index (χ1v) is 7.06. The number of hydrogen-bond acceptors (Lipinski definition) is 4. The molecule has 3 rings (SSSR count). The highest BCUT2D eigenvalue weighted by Gasteiger charge is 2.35. The van der Waals surface area contributed by atoms with Gasteiger partial charge in [-0.15, -0.1) is 0 Å². The molecule has 108 valence electrons. The number of nitrogens with one attached hydrogen (secondary N) is 2. The number of carbonyl (C=O) groups is 1. The highest BCUT2D eigenvalue weighted by molar-refractivity contribution is 5.92. The zero-order valence-electron chi connectivity index (χ0n) is 11.3. The number of aromatic nitrogens is 1. The van der Waals surface area contributed by atoms with E-state index in [1.165, 1.54) is 18.9 Å². The molecule has 1 aromatic rings. The van der Waals surface area contributed by atoms with E-state index in [0.29, 0.717) is 18.9 Å². The third kappa shape index (κ3) is 2.76. The van der Waals surface area contributed by atoms with Crippen LogP contribution in [0.5, 0.6) is 0 Å². The largest absolute Gasteiger partial charge is 0.378 e. The van der Waals surface area contributed by atoms with Crippen molar-refractivity contribution in [1.82, 2.24) is 15.2 Å². The molecule has 0 spiro atoms. The summed E-state index contributed by atoms with van der Waals surface area (Å²) in [5.74, 6) is -0.248. The molecule has 2 saturated heterocycles. The summed E-state index contributed by atoms with van der Waals surface area (Å²) in [6.07, 6.45) is 2.42. The maximum atomic E-state index is 12.2. The number of aromatic amines is 1. The van der Waals surface area contributed by atoms with Crippen molar-refractivity contribution in [2.24, 2.45) is 0 Å². The molecule has 2 atom stereocenters. The van der Waals surface area contributed by atoms with Gasteiger partial charge in [0.05, 0.1) is 25.3 Å². The standard InChI is InChI=1S/C14H19N3O3/c18-13-5-3-4-10(15-13)14(19)16-11-8-20-9-12(11)17-6-1-2-7-17/h3-5,11-12H,1-2,6-9H2,(H,15,18)(H,16,19)/t11-,12-/m1/s1. The van der Waals surface area contributed by atoms with Crippen LogP contribution in [0, 0.1) is 0 Å². The number of H-pyrrole nitrogens is 1.